The largest absolute Gasteiger partial charge is 0.478 e. The molecule has 0 atom stereocenters. The summed E-state index contributed by atoms with van der Waals surface area (Å²) in [7, 11) is 0. The quantitative estimate of drug-likeness (QED) is 0.816. The molecule has 1 rings (SSSR count). The number of hydrogen-bond acceptors (Lipinski definition) is 3. The number of primary amides is 1. The standard InChI is InChI=1S/C11H13NO4/c1-11(2,16-10(12)15)8-6-4-3-5-7(8)9(13)14/h3-6H,1-2H3,(H2,12,15)(H,13,14). The summed E-state index contributed by atoms with van der Waals surface area (Å²) < 4.78 is 4.89. The highest BCUT2D eigenvalue weighted by Gasteiger charge is 2.28. The van der Waals surface area contributed by atoms with Gasteiger partial charge in [0.2, 0.25) is 0 Å². The molecule has 1 amide bonds. The van der Waals surface area contributed by atoms with Gasteiger partial charge in [-0.05, 0) is 19.9 Å². The molecule has 0 saturated heterocycles. The second kappa shape index (κ2) is 4.22. The number of carboxylic acid groups (broad SMARTS) is 1. The molecule has 0 radical (unpaired) electrons. The van der Waals surface area contributed by atoms with Crippen molar-refractivity contribution in [2.75, 3.05) is 0 Å². The molecule has 86 valence electrons. The zero-order chi connectivity index (χ0) is 12.3. The monoisotopic (exact) mass is 223 g/mol. The molecule has 5 nitrogen and oxygen atoms in total. The van der Waals surface area contributed by atoms with Crippen LogP contribution in [-0.4, -0.2) is 17.2 Å². The molecule has 0 heterocycles. The number of hydrogen-bond donors (Lipinski definition) is 2. The van der Waals surface area contributed by atoms with Crippen LogP contribution in [0.15, 0.2) is 24.3 Å². The fourth-order valence-corrected chi connectivity index (χ4v) is 1.50. The lowest BCUT2D eigenvalue weighted by molar-refractivity contribution is 0.0404. The van der Waals surface area contributed by atoms with Crippen LogP contribution in [0.3, 0.4) is 0 Å². The van der Waals surface area contributed by atoms with Crippen LogP contribution in [0.4, 0.5) is 4.79 Å². The average Bonchev–Trinajstić information content (AvgIpc) is 2.15. The Morgan fingerprint density at radius 1 is 1.31 bits per heavy atom. The predicted octanol–water partition coefficient (Wildman–Crippen LogP) is 1.72. The first-order valence-corrected chi connectivity index (χ1v) is 4.66. The number of ether oxygens (including phenoxy) is 1. The molecule has 5 heteroatoms. The van der Waals surface area contributed by atoms with Crippen LogP contribution in [0.2, 0.25) is 0 Å². The van der Waals surface area contributed by atoms with Crippen LogP contribution in [0.1, 0.15) is 29.8 Å². The fourth-order valence-electron chi connectivity index (χ4n) is 1.50. The second-order valence-electron chi connectivity index (χ2n) is 3.78. The summed E-state index contributed by atoms with van der Waals surface area (Å²) in [5.41, 5.74) is 4.36. The molecule has 0 aliphatic carbocycles. The number of amides is 1. The molecule has 0 spiro atoms. The molecule has 0 saturated carbocycles. The van der Waals surface area contributed by atoms with Gasteiger partial charge in [-0.15, -0.1) is 0 Å². The Bertz CT molecular complexity index is 426. The Morgan fingerprint density at radius 3 is 2.38 bits per heavy atom. The van der Waals surface area contributed by atoms with Gasteiger partial charge in [-0.3, -0.25) is 0 Å². The third-order valence-corrected chi connectivity index (χ3v) is 2.16. The normalized spacial score (nSPS) is 10.9. The summed E-state index contributed by atoms with van der Waals surface area (Å²) in [6.07, 6.45) is -0.940. The first kappa shape index (κ1) is 12.0. The van der Waals surface area contributed by atoms with E-state index >= 15 is 0 Å². The number of carbonyl (C=O) groups is 2. The maximum atomic E-state index is 11.0. The van der Waals surface area contributed by atoms with Crippen molar-refractivity contribution in [1.29, 1.82) is 0 Å². The molecular weight excluding hydrogens is 210 g/mol. The van der Waals surface area contributed by atoms with Gasteiger partial charge in [-0.25, -0.2) is 9.59 Å². The zero-order valence-corrected chi connectivity index (χ0v) is 9.06. The fraction of sp³-hybridized carbons (Fsp3) is 0.273. The highest BCUT2D eigenvalue weighted by Crippen LogP contribution is 2.27. The first-order chi connectivity index (χ1) is 7.34. The number of benzene rings is 1. The van der Waals surface area contributed by atoms with Crippen molar-refractivity contribution >= 4 is 12.1 Å². The topological polar surface area (TPSA) is 89.6 Å². The third kappa shape index (κ3) is 2.50. The minimum atomic E-state index is -1.07. The number of carbonyl (C=O) groups excluding carboxylic acids is 1. The van der Waals surface area contributed by atoms with Crippen LogP contribution in [0, 0.1) is 0 Å². The highest BCUT2D eigenvalue weighted by molar-refractivity contribution is 5.89. The SMILES string of the molecule is CC(C)(OC(N)=O)c1ccccc1C(=O)O. The van der Waals surface area contributed by atoms with Crippen molar-refractivity contribution in [2.45, 2.75) is 19.4 Å². The molecule has 0 bridgehead atoms. The molecule has 16 heavy (non-hydrogen) atoms. The lowest BCUT2D eigenvalue weighted by atomic mass is 9.93. The summed E-state index contributed by atoms with van der Waals surface area (Å²) in [6.45, 7) is 3.17. The van der Waals surface area contributed by atoms with Crippen LogP contribution in [0.25, 0.3) is 0 Å². The van der Waals surface area contributed by atoms with E-state index < -0.39 is 17.7 Å². The second-order valence-corrected chi connectivity index (χ2v) is 3.78. The Balaban J connectivity index is 3.21. The number of nitrogens with two attached hydrogens (primary N) is 1. The van der Waals surface area contributed by atoms with Crippen LogP contribution >= 0.6 is 0 Å². The van der Waals surface area contributed by atoms with Gasteiger partial charge < -0.3 is 15.6 Å². The molecule has 3 N–H and O–H groups in total. The van der Waals surface area contributed by atoms with Crippen molar-refractivity contribution in [1.82, 2.24) is 0 Å². The summed E-state index contributed by atoms with van der Waals surface area (Å²) in [6, 6.07) is 6.32. The van der Waals surface area contributed by atoms with Crippen molar-refractivity contribution in [3.05, 3.63) is 35.4 Å². The van der Waals surface area contributed by atoms with Gasteiger partial charge in [0.1, 0.15) is 5.60 Å². The number of rotatable bonds is 3. The minimum absolute atomic E-state index is 0.0914. The van der Waals surface area contributed by atoms with Crippen LogP contribution < -0.4 is 5.73 Å². The smallest absolute Gasteiger partial charge is 0.405 e. The van der Waals surface area contributed by atoms with Gasteiger partial charge in [0.25, 0.3) is 0 Å². The van der Waals surface area contributed by atoms with E-state index in [0.717, 1.165) is 0 Å². The Morgan fingerprint density at radius 2 is 1.88 bits per heavy atom. The van der Waals surface area contributed by atoms with E-state index in [9.17, 15) is 9.59 Å². The van der Waals surface area contributed by atoms with Gasteiger partial charge in [-0.2, -0.15) is 0 Å². The van der Waals surface area contributed by atoms with Gasteiger partial charge in [0, 0.05) is 5.56 Å². The Labute approximate surface area is 92.8 Å². The Hall–Kier alpha value is -2.04. The summed E-state index contributed by atoms with van der Waals surface area (Å²) >= 11 is 0. The summed E-state index contributed by atoms with van der Waals surface area (Å²) in [4.78, 5) is 21.7. The number of carboxylic acids is 1. The average molecular weight is 223 g/mol. The molecule has 0 fully saturated rings. The number of aromatic carboxylic acids is 1. The molecular formula is C11H13NO4. The van der Waals surface area contributed by atoms with E-state index in [0.29, 0.717) is 5.56 Å². The first-order valence-electron chi connectivity index (χ1n) is 4.66. The van der Waals surface area contributed by atoms with Crippen LogP contribution in [-0.2, 0) is 10.3 Å². The lowest BCUT2D eigenvalue weighted by Crippen LogP contribution is -2.30. The minimum Gasteiger partial charge on any atom is -0.478 e. The molecule has 1 aromatic carbocycles. The van der Waals surface area contributed by atoms with E-state index in [1.54, 1.807) is 32.0 Å². The maximum absolute atomic E-state index is 11.0. The van der Waals surface area contributed by atoms with Gasteiger partial charge in [0.15, 0.2) is 0 Å². The zero-order valence-electron chi connectivity index (χ0n) is 9.06. The molecule has 0 aliphatic rings. The molecule has 0 aliphatic heterocycles. The maximum Gasteiger partial charge on any atom is 0.405 e. The summed E-state index contributed by atoms with van der Waals surface area (Å²) in [5, 5.41) is 8.99. The van der Waals surface area contributed by atoms with Crippen molar-refractivity contribution in [3.63, 3.8) is 0 Å². The molecule has 0 unspecified atom stereocenters. The van der Waals surface area contributed by atoms with E-state index in [1.807, 2.05) is 0 Å². The Kier molecular flexibility index (Phi) is 3.17. The van der Waals surface area contributed by atoms with Gasteiger partial charge in [0.05, 0.1) is 5.56 Å². The lowest BCUT2D eigenvalue weighted by Gasteiger charge is -2.25. The highest BCUT2D eigenvalue weighted by atomic mass is 16.6. The van der Waals surface area contributed by atoms with Crippen molar-refractivity contribution in [2.24, 2.45) is 5.73 Å². The van der Waals surface area contributed by atoms with Crippen molar-refractivity contribution in [3.8, 4) is 0 Å². The van der Waals surface area contributed by atoms with E-state index in [2.05, 4.69) is 0 Å². The predicted molar refractivity (Wildman–Crippen MR) is 57.1 cm³/mol. The van der Waals surface area contributed by atoms with E-state index in [-0.39, 0.29) is 5.56 Å². The van der Waals surface area contributed by atoms with E-state index in [4.69, 9.17) is 15.6 Å². The third-order valence-electron chi connectivity index (χ3n) is 2.16. The summed E-state index contributed by atoms with van der Waals surface area (Å²) in [5.74, 6) is -1.07. The van der Waals surface area contributed by atoms with Gasteiger partial charge in [-0.1, -0.05) is 18.2 Å². The van der Waals surface area contributed by atoms with Gasteiger partial charge >= 0.3 is 12.1 Å². The van der Waals surface area contributed by atoms with Crippen molar-refractivity contribution < 1.29 is 19.4 Å². The molecule has 0 aromatic heterocycles. The molecule has 1 aromatic rings. The van der Waals surface area contributed by atoms with E-state index in [1.165, 1.54) is 6.07 Å². The van der Waals surface area contributed by atoms with Crippen LogP contribution in [0.5, 0.6) is 0 Å².